The number of hydrogen-bond acceptors (Lipinski definition) is 3. The normalized spacial score (nSPS) is 12.3. The molecule has 1 aromatic rings. The molecule has 3 heteroatoms. The van der Waals surface area contributed by atoms with Crippen molar-refractivity contribution in [3.63, 3.8) is 0 Å². The summed E-state index contributed by atoms with van der Waals surface area (Å²) in [6, 6.07) is 7.87. The van der Waals surface area contributed by atoms with Crippen LogP contribution in [0.15, 0.2) is 24.3 Å². The first-order valence-electron chi connectivity index (χ1n) is 6.71. The Morgan fingerprint density at radius 1 is 1.16 bits per heavy atom. The summed E-state index contributed by atoms with van der Waals surface area (Å²) in [5, 5.41) is 0. The largest absolute Gasteiger partial charge is 0.465 e. The Labute approximate surface area is 115 Å². The minimum atomic E-state index is -0.692. The molecule has 0 aliphatic carbocycles. The van der Waals surface area contributed by atoms with Gasteiger partial charge >= 0.3 is 5.97 Å². The van der Waals surface area contributed by atoms with Crippen LogP contribution in [0.1, 0.15) is 31.9 Å². The topological polar surface area (TPSA) is 43.4 Å². The summed E-state index contributed by atoms with van der Waals surface area (Å²) >= 11 is 0. The lowest BCUT2D eigenvalue weighted by Crippen LogP contribution is -2.31. The van der Waals surface area contributed by atoms with Crippen molar-refractivity contribution in [3.8, 4) is 0 Å². The zero-order chi connectivity index (χ0) is 14.4. The molecule has 3 nitrogen and oxygen atoms in total. The summed E-state index contributed by atoms with van der Waals surface area (Å²) in [5.74, 6) is -1.33. The van der Waals surface area contributed by atoms with Crippen molar-refractivity contribution in [3.05, 3.63) is 35.4 Å². The number of Topliss-reactive ketones (excluding diaryl/α,β-unsaturated/α-hetero) is 1. The quantitative estimate of drug-likeness (QED) is 0.585. The fourth-order valence-corrected chi connectivity index (χ4v) is 1.91. The van der Waals surface area contributed by atoms with Gasteiger partial charge in [0.25, 0.3) is 0 Å². The standard InChI is InChI=1S/C16H22O3/c1-5-19-16(18)14(15(17)11(2)3)10-13-8-6-12(4)7-9-13/h6-9,11,14H,5,10H2,1-4H3. The predicted molar refractivity (Wildman–Crippen MR) is 74.9 cm³/mol. The number of benzene rings is 1. The van der Waals surface area contributed by atoms with Gasteiger partial charge < -0.3 is 4.74 Å². The van der Waals surface area contributed by atoms with Crippen LogP contribution in [0, 0.1) is 18.8 Å². The summed E-state index contributed by atoms with van der Waals surface area (Å²) in [4.78, 5) is 24.0. The lowest BCUT2D eigenvalue weighted by atomic mass is 9.89. The second-order valence-electron chi connectivity index (χ2n) is 5.05. The molecule has 0 saturated carbocycles. The van der Waals surface area contributed by atoms with Crippen molar-refractivity contribution in [2.24, 2.45) is 11.8 Å². The zero-order valence-electron chi connectivity index (χ0n) is 12.1. The molecular weight excluding hydrogens is 240 g/mol. The Bertz CT molecular complexity index is 432. The first-order chi connectivity index (χ1) is 8.95. The van der Waals surface area contributed by atoms with Crippen LogP contribution in [-0.4, -0.2) is 18.4 Å². The van der Waals surface area contributed by atoms with E-state index in [0.29, 0.717) is 13.0 Å². The highest BCUT2D eigenvalue weighted by Crippen LogP contribution is 2.16. The molecule has 0 fully saturated rings. The average molecular weight is 262 g/mol. The molecule has 1 rings (SSSR count). The van der Waals surface area contributed by atoms with E-state index in [4.69, 9.17) is 4.74 Å². The third-order valence-corrected chi connectivity index (χ3v) is 3.04. The van der Waals surface area contributed by atoms with Crippen molar-refractivity contribution in [1.82, 2.24) is 0 Å². The van der Waals surface area contributed by atoms with Gasteiger partial charge in [0, 0.05) is 5.92 Å². The van der Waals surface area contributed by atoms with Gasteiger partial charge in [0.15, 0.2) is 0 Å². The minimum Gasteiger partial charge on any atom is -0.465 e. The second kappa shape index (κ2) is 7.07. The second-order valence-corrected chi connectivity index (χ2v) is 5.05. The Balaban J connectivity index is 2.87. The maximum Gasteiger partial charge on any atom is 0.316 e. The SMILES string of the molecule is CCOC(=O)C(Cc1ccc(C)cc1)C(=O)C(C)C. The third kappa shape index (κ3) is 4.51. The number of rotatable bonds is 6. The average Bonchev–Trinajstić information content (AvgIpc) is 2.37. The van der Waals surface area contributed by atoms with Crippen LogP contribution in [0.2, 0.25) is 0 Å². The summed E-state index contributed by atoms with van der Waals surface area (Å²) in [7, 11) is 0. The number of carbonyl (C=O) groups excluding carboxylic acids is 2. The van der Waals surface area contributed by atoms with E-state index < -0.39 is 11.9 Å². The smallest absolute Gasteiger partial charge is 0.316 e. The number of hydrogen-bond donors (Lipinski definition) is 0. The molecule has 0 saturated heterocycles. The molecule has 0 aliphatic rings. The molecular formula is C16H22O3. The van der Waals surface area contributed by atoms with E-state index in [2.05, 4.69) is 0 Å². The van der Waals surface area contributed by atoms with Gasteiger partial charge in [-0.15, -0.1) is 0 Å². The number of ether oxygens (including phenoxy) is 1. The Hall–Kier alpha value is -1.64. The van der Waals surface area contributed by atoms with Crippen molar-refractivity contribution in [2.75, 3.05) is 6.61 Å². The Kier molecular flexibility index (Phi) is 5.74. The van der Waals surface area contributed by atoms with Gasteiger partial charge in [0.2, 0.25) is 0 Å². The molecule has 0 amide bonds. The van der Waals surface area contributed by atoms with Crippen LogP contribution in [0.4, 0.5) is 0 Å². The summed E-state index contributed by atoms with van der Waals surface area (Å²) in [6.07, 6.45) is 0.413. The van der Waals surface area contributed by atoms with Crippen LogP contribution in [0.25, 0.3) is 0 Å². The predicted octanol–water partition coefficient (Wildman–Crippen LogP) is 2.94. The van der Waals surface area contributed by atoms with Crippen molar-refractivity contribution >= 4 is 11.8 Å². The van der Waals surface area contributed by atoms with Gasteiger partial charge in [-0.1, -0.05) is 43.7 Å². The first-order valence-corrected chi connectivity index (χ1v) is 6.71. The van der Waals surface area contributed by atoms with Crippen LogP contribution in [-0.2, 0) is 20.7 Å². The number of aryl methyl sites for hydroxylation is 1. The summed E-state index contributed by atoms with van der Waals surface area (Å²) in [5.41, 5.74) is 2.14. The summed E-state index contributed by atoms with van der Waals surface area (Å²) < 4.78 is 5.01. The van der Waals surface area contributed by atoms with E-state index >= 15 is 0 Å². The van der Waals surface area contributed by atoms with Crippen molar-refractivity contribution in [2.45, 2.75) is 34.1 Å². The van der Waals surface area contributed by atoms with Crippen LogP contribution in [0.3, 0.4) is 0 Å². The zero-order valence-corrected chi connectivity index (χ0v) is 12.1. The molecule has 0 heterocycles. The number of carbonyl (C=O) groups is 2. The van der Waals surface area contributed by atoms with Crippen molar-refractivity contribution in [1.29, 1.82) is 0 Å². The van der Waals surface area contributed by atoms with Gasteiger partial charge in [-0.3, -0.25) is 9.59 Å². The number of esters is 1. The van der Waals surface area contributed by atoms with Crippen molar-refractivity contribution < 1.29 is 14.3 Å². The van der Waals surface area contributed by atoms with Crippen LogP contribution in [0.5, 0.6) is 0 Å². The fraction of sp³-hybridized carbons (Fsp3) is 0.500. The highest BCUT2D eigenvalue weighted by Gasteiger charge is 2.29. The van der Waals surface area contributed by atoms with E-state index in [0.717, 1.165) is 11.1 Å². The van der Waals surface area contributed by atoms with E-state index in [1.807, 2.05) is 45.0 Å². The Morgan fingerprint density at radius 2 is 1.74 bits per heavy atom. The number of ketones is 1. The van der Waals surface area contributed by atoms with E-state index in [9.17, 15) is 9.59 Å². The maximum absolute atomic E-state index is 12.1. The first kappa shape index (κ1) is 15.4. The monoisotopic (exact) mass is 262 g/mol. The molecule has 0 aliphatic heterocycles. The molecule has 0 bridgehead atoms. The molecule has 0 N–H and O–H groups in total. The molecule has 0 spiro atoms. The molecule has 0 aromatic heterocycles. The highest BCUT2D eigenvalue weighted by molar-refractivity contribution is 6.00. The van der Waals surface area contributed by atoms with Crippen LogP contribution >= 0.6 is 0 Å². The molecule has 1 atom stereocenters. The highest BCUT2D eigenvalue weighted by atomic mass is 16.5. The van der Waals surface area contributed by atoms with Gasteiger partial charge in [0.05, 0.1) is 6.61 Å². The Morgan fingerprint density at radius 3 is 2.21 bits per heavy atom. The van der Waals surface area contributed by atoms with E-state index in [1.165, 1.54) is 0 Å². The lowest BCUT2D eigenvalue weighted by molar-refractivity contribution is -0.152. The van der Waals surface area contributed by atoms with Gasteiger partial charge in [0.1, 0.15) is 11.7 Å². The molecule has 1 unspecified atom stereocenters. The van der Waals surface area contributed by atoms with Gasteiger partial charge in [-0.2, -0.15) is 0 Å². The lowest BCUT2D eigenvalue weighted by Gasteiger charge is -2.16. The van der Waals surface area contributed by atoms with E-state index in [1.54, 1.807) is 6.92 Å². The van der Waals surface area contributed by atoms with Crippen LogP contribution < -0.4 is 0 Å². The van der Waals surface area contributed by atoms with Gasteiger partial charge in [-0.05, 0) is 25.8 Å². The minimum absolute atomic E-state index is 0.0565. The molecule has 1 aromatic carbocycles. The van der Waals surface area contributed by atoms with Gasteiger partial charge in [-0.25, -0.2) is 0 Å². The third-order valence-electron chi connectivity index (χ3n) is 3.04. The van der Waals surface area contributed by atoms with E-state index in [-0.39, 0.29) is 11.7 Å². The maximum atomic E-state index is 12.1. The molecule has 0 radical (unpaired) electrons. The molecule has 19 heavy (non-hydrogen) atoms. The molecule has 104 valence electrons. The fourth-order valence-electron chi connectivity index (χ4n) is 1.91. The summed E-state index contributed by atoms with van der Waals surface area (Å²) in [6.45, 7) is 7.68.